The van der Waals surface area contributed by atoms with Crippen molar-refractivity contribution in [3.8, 4) is 0 Å². The smallest absolute Gasteiger partial charge is 0.221 e. The fourth-order valence-corrected chi connectivity index (χ4v) is 4.40. The molecule has 1 aromatic rings. The van der Waals surface area contributed by atoms with Crippen LogP contribution in [0.15, 0.2) is 12.4 Å². The maximum Gasteiger partial charge on any atom is 0.221 e. The SMILES string of the molecule is Cc1nccn1CCC(=O)NC[C@@H]1CC[C@H]2C[C@@H]1C2(C)C. The average Bonchev–Trinajstić information content (AvgIpc) is 2.88. The number of nitrogens with zero attached hydrogens (tertiary/aromatic N) is 2. The van der Waals surface area contributed by atoms with E-state index in [1.165, 1.54) is 19.3 Å². The maximum atomic E-state index is 12.0. The van der Waals surface area contributed by atoms with Crippen LogP contribution < -0.4 is 5.32 Å². The van der Waals surface area contributed by atoms with Crippen molar-refractivity contribution in [2.24, 2.45) is 23.2 Å². The second-order valence-corrected chi connectivity index (χ2v) is 7.42. The second kappa shape index (κ2) is 5.47. The lowest BCUT2D eigenvalue weighted by molar-refractivity contribution is -0.125. The predicted molar refractivity (Wildman–Crippen MR) is 82.7 cm³/mol. The van der Waals surface area contributed by atoms with Crippen molar-refractivity contribution in [3.63, 3.8) is 0 Å². The van der Waals surface area contributed by atoms with Gasteiger partial charge in [0.15, 0.2) is 0 Å². The summed E-state index contributed by atoms with van der Waals surface area (Å²) in [7, 11) is 0. The number of rotatable bonds is 5. The third-order valence-electron chi connectivity index (χ3n) is 6.07. The molecule has 0 saturated heterocycles. The van der Waals surface area contributed by atoms with Crippen LogP contribution in [0.1, 0.15) is 45.4 Å². The van der Waals surface area contributed by atoms with Gasteiger partial charge in [-0.05, 0) is 49.4 Å². The van der Waals surface area contributed by atoms with Gasteiger partial charge >= 0.3 is 0 Å². The van der Waals surface area contributed by atoms with Crippen LogP contribution in [0.3, 0.4) is 0 Å². The van der Waals surface area contributed by atoms with Gasteiger partial charge in [0, 0.05) is 31.9 Å². The van der Waals surface area contributed by atoms with Gasteiger partial charge in [-0.3, -0.25) is 4.79 Å². The van der Waals surface area contributed by atoms with E-state index < -0.39 is 0 Å². The summed E-state index contributed by atoms with van der Waals surface area (Å²) in [5, 5.41) is 3.15. The molecular formula is C17H27N3O. The average molecular weight is 289 g/mol. The number of amides is 1. The van der Waals surface area contributed by atoms with E-state index in [4.69, 9.17) is 0 Å². The summed E-state index contributed by atoms with van der Waals surface area (Å²) in [4.78, 5) is 16.2. The van der Waals surface area contributed by atoms with Gasteiger partial charge in [-0.25, -0.2) is 4.98 Å². The van der Waals surface area contributed by atoms with Gasteiger partial charge in [-0.2, -0.15) is 0 Å². The Hall–Kier alpha value is -1.32. The first kappa shape index (κ1) is 14.6. The lowest BCUT2D eigenvalue weighted by atomic mass is 9.45. The molecule has 1 N–H and O–H groups in total. The number of carbonyl (C=O) groups is 1. The molecule has 0 aliphatic heterocycles. The number of imidazole rings is 1. The lowest BCUT2D eigenvalue weighted by Crippen LogP contribution is -2.54. The largest absolute Gasteiger partial charge is 0.356 e. The van der Waals surface area contributed by atoms with Crippen molar-refractivity contribution in [2.45, 2.75) is 53.0 Å². The molecule has 1 amide bonds. The highest BCUT2D eigenvalue weighted by Crippen LogP contribution is 2.61. The molecule has 3 aliphatic rings. The van der Waals surface area contributed by atoms with Crippen molar-refractivity contribution in [3.05, 3.63) is 18.2 Å². The number of hydrogen-bond donors (Lipinski definition) is 1. The molecule has 4 rings (SSSR count). The van der Waals surface area contributed by atoms with E-state index in [1.807, 2.05) is 17.7 Å². The Morgan fingerprint density at radius 2 is 2.29 bits per heavy atom. The molecule has 3 aliphatic carbocycles. The zero-order valence-electron chi connectivity index (χ0n) is 13.4. The van der Waals surface area contributed by atoms with Crippen molar-refractivity contribution in [1.29, 1.82) is 0 Å². The molecule has 3 fully saturated rings. The van der Waals surface area contributed by atoms with Gasteiger partial charge < -0.3 is 9.88 Å². The van der Waals surface area contributed by atoms with E-state index in [9.17, 15) is 4.79 Å². The molecule has 3 atom stereocenters. The summed E-state index contributed by atoms with van der Waals surface area (Å²) in [6.45, 7) is 8.36. The molecule has 0 unspecified atom stereocenters. The normalized spacial score (nSPS) is 29.8. The molecule has 2 bridgehead atoms. The van der Waals surface area contributed by atoms with E-state index in [-0.39, 0.29) is 5.91 Å². The van der Waals surface area contributed by atoms with Crippen LogP contribution in [0.25, 0.3) is 0 Å². The Labute approximate surface area is 127 Å². The fourth-order valence-electron chi connectivity index (χ4n) is 4.40. The quantitative estimate of drug-likeness (QED) is 0.906. The van der Waals surface area contributed by atoms with Crippen molar-refractivity contribution >= 4 is 5.91 Å². The zero-order chi connectivity index (χ0) is 15.0. The number of nitrogens with one attached hydrogen (secondary N) is 1. The highest BCUT2D eigenvalue weighted by Gasteiger charge is 2.53. The summed E-state index contributed by atoms with van der Waals surface area (Å²) in [5.74, 6) is 3.56. The van der Waals surface area contributed by atoms with Crippen molar-refractivity contribution < 1.29 is 4.79 Å². The zero-order valence-corrected chi connectivity index (χ0v) is 13.4. The minimum atomic E-state index is 0.169. The molecule has 3 saturated carbocycles. The van der Waals surface area contributed by atoms with Crippen molar-refractivity contribution in [1.82, 2.24) is 14.9 Å². The van der Waals surface area contributed by atoms with Crippen LogP contribution in [-0.2, 0) is 11.3 Å². The number of aromatic nitrogens is 2. The Morgan fingerprint density at radius 1 is 1.48 bits per heavy atom. The Balaban J connectivity index is 1.43. The molecule has 0 spiro atoms. The van der Waals surface area contributed by atoms with Crippen LogP contribution in [-0.4, -0.2) is 22.0 Å². The summed E-state index contributed by atoms with van der Waals surface area (Å²) < 4.78 is 2.03. The van der Waals surface area contributed by atoms with Crippen LogP contribution in [0.2, 0.25) is 0 Å². The Kier molecular flexibility index (Phi) is 3.80. The minimum Gasteiger partial charge on any atom is -0.356 e. The molecule has 0 aromatic carbocycles. The third kappa shape index (κ3) is 2.72. The lowest BCUT2D eigenvalue weighted by Gasteiger charge is -2.60. The summed E-state index contributed by atoms with van der Waals surface area (Å²) >= 11 is 0. The standard InChI is InChI=1S/C17H27N3O/c1-12-18-7-9-20(12)8-6-16(21)19-11-13-4-5-14-10-15(13)17(14,2)3/h7,9,13-15H,4-6,8,10-11H2,1-3H3,(H,19,21)/t13-,14-,15-/m0/s1. The fraction of sp³-hybridized carbons (Fsp3) is 0.765. The van der Waals surface area contributed by atoms with Crippen LogP contribution in [0.5, 0.6) is 0 Å². The van der Waals surface area contributed by atoms with Crippen LogP contribution in [0.4, 0.5) is 0 Å². The van der Waals surface area contributed by atoms with E-state index >= 15 is 0 Å². The maximum absolute atomic E-state index is 12.0. The Morgan fingerprint density at radius 3 is 2.90 bits per heavy atom. The highest BCUT2D eigenvalue weighted by atomic mass is 16.1. The van der Waals surface area contributed by atoms with Gasteiger partial charge in [0.2, 0.25) is 5.91 Å². The first-order valence-corrected chi connectivity index (χ1v) is 8.23. The monoisotopic (exact) mass is 289 g/mol. The number of aryl methyl sites for hydroxylation is 2. The summed E-state index contributed by atoms with van der Waals surface area (Å²) in [6, 6.07) is 0. The number of fused-ring (bicyclic) bond motifs is 2. The van der Waals surface area contributed by atoms with Gasteiger partial charge in [-0.1, -0.05) is 13.8 Å². The highest BCUT2D eigenvalue weighted by molar-refractivity contribution is 5.75. The summed E-state index contributed by atoms with van der Waals surface area (Å²) in [6.07, 6.45) is 8.27. The second-order valence-electron chi connectivity index (χ2n) is 7.42. The van der Waals surface area contributed by atoms with Gasteiger partial charge in [0.1, 0.15) is 5.82 Å². The Bertz CT molecular complexity index is 518. The minimum absolute atomic E-state index is 0.169. The number of hydrogen-bond acceptors (Lipinski definition) is 2. The van der Waals surface area contributed by atoms with E-state index in [0.717, 1.165) is 30.7 Å². The molecule has 1 heterocycles. The van der Waals surface area contributed by atoms with Crippen LogP contribution in [0, 0.1) is 30.1 Å². The third-order valence-corrected chi connectivity index (χ3v) is 6.07. The topological polar surface area (TPSA) is 46.9 Å². The molecule has 21 heavy (non-hydrogen) atoms. The van der Waals surface area contributed by atoms with Crippen molar-refractivity contribution in [2.75, 3.05) is 6.54 Å². The number of carbonyl (C=O) groups excluding carboxylic acids is 1. The predicted octanol–water partition coefficient (Wildman–Crippen LogP) is 2.77. The van der Waals surface area contributed by atoms with Gasteiger partial charge in [0.25, 0.3) is 0 Å². The van der Waals surface area contributed by atoms with E-state index in [0.29, 0.717) is 17.8 Å². The van der Waals surface area contributed by atoms with Gasteiger partial charge in [-0.15, -0.1) is 0 Å². The van der Waals surface area contributed by atoms with E-state index in [2.05, 4.69) is 24.1 Å². The summed E-state index contributed by atoms with van der Waals surface area (Å²) in [5.41, 5.74) is 0.502. The molecular weight excluding hydrogens is 262 g/mol. The molecule has 4 heteroatoms. The molecule has 1 aromatic heterocycles. The molecule has 0 radical (unpaired) electrons. The van der Waals surface area contributed by atoms with Crippen LogP contribution >= 0.6 is 0 Å². The first-order chi connectivity index (χ1) is 9.98. The van der Waals surface area contributed by atoms with Gasteiger partial charge in [0.05, 0.1) is 0 Å². The molecule has 4 nitrogen and oxygen atoms in total. The van der Waals surface area contributed by atoms with E-state index in [1.54, 1.807) is 6.20 Å². The molecule has 116 valence electrons. The first-order valence-electron chi connectivity index (χ1n) is 8.23.